The molecule has 0 aliphatic rings. The van der Waals surface area contributed by atoms with Crippen LogP contribution >= 0.6 is 0 Å². The van der Waals surface area contributed by atoms with Crippen LogP contribution in [0.1, 0.15) is 53.3 Å². The number of hydrogen-bond donors (Lipinski definition) is 2. The number of carbonyl (C=O) groups is 3. The second-order valence-corrected chi connectivity index (χ2v) is 7.90. The number of aromatic nitrogens is 1. The van der Waals surface area contributed by atoms with Crippen LogP contribution in [0.2, 0.25) is 0 Å². The topological polar surface area (TPSA) is 131 Å². The number of H-pyrrole nitrogens is 1. The minimum absolute atomic E-state index is 0.0380. The lowest BCUT2D eigenvalue weighted by Crippen LogP contribution is -2.32. The van der Waals surface area contributed by atoms with Gasteiger partial charge in [-0.2, -0.15) is 0 Å². The zero-order valence-corrected chi connectivity index (χ0v) is 18.9. The number of ketones is 1. The highest BCUT2D eigenvalue weighted by atomic mass is 16.6. The van der Waals surface area contributed by atoms with E-state index in [1.165, 1.54) is 24.3 Å². The summed E-state index contributed by atoms with van der Waals surface area (Å²) in [5.74, 6) is -0.982. The molecule has 0 spiro atoms. The lowest BCUT2D eigenvalue weighted by atomic mass is 9.99. The second kappa shape index (κ2) is 11.7. The Bertz CT molecular complexity index is 1170. The number of Topliss-reactive ketones (excluding diaryl/α,β-unsaturated/α-hetero) is 1. The van der Waals surface area contributed by atoms with E-state index in [-0.39, 0.29) is 48.4 Å². The van der Waals surface area contributed by atoms with Crippen molar-refractivity contribution in [2.75, 3.05) is 13.2 Å². The first kappa shape index (κ1) is 24.6. The molecule has 1 atom stereocenters. The van der Waals surface area contributed by atoms with Gasteiger partial charge in [0.2, 0.25) is 5.91 Å². The highest BCUT2D eigenvalue weighted by molar-refractivity contribution is 6.07. The summed E-state index contributed by atoms with van der Waals surface area (Å²) in [6.07, 6.45) is 3.56. The number of non-ortho nitro benzene ring substituents is 1. The van der Waals surface area contributed by atoms with Crippen LogP contribution < -0.4 is 5.32 Å². The maximum absolute atomic E-state index is 12.5. The Kier molecular flexibility index (Phi) is 8.50. The molecule has 0 fully saturated rings. The number of benzene rings is 2. The smallest absolute Gasteiger partial charge is 0.338 e. The van der Waals surface area contributed by atoms with Gasteiger partial charge in [-0.05, 0) is 37.5 Å². The van der Waals surface area contributed by atoms with Crippen LogP contribution in [-0.2, 0) is 9.53 Å². The van der Waals surface area contributed by atoms with E-state index in [4.69, 9.17) is 4.74 Å². The third-order valence-electron chi connectivity index (χ3n) is 5.65. The Labute approximate surface area is 196 Å². The number of nitro benzene ring substituents is 1. The van der Waals surface area contributed by atoms with Crippen molar-refractivity contribution in [3.05, 3.63) is 76.0 Å². The van der Waals surface area contributed by atoms with E-state index in [2.05, 4.69) is 10.3 Å². The van der Waals surface area contributed by atoms with Gasteiger partial charge < -0.3 is 15.0 Å². The summed E-state index contributed by atoms with van der Waals surface area (Å²) in [5.41, 5.74) is 1.65. The normalized spacial score (nSPS) is 11.7. The van der Waals surface area contributed by atoms with Crippen LogP contribution in [0, 0.1) is 16.0 Å². The third kappa shape index (κ3) is 6.28. The number of esters is 1. The van der Waals surface area contributed by atoms with E-state index in [9.17, 15) is 24.5 Å². The first-order chi connectivity index (χ1) is 16.4. The lowest BCUT2D eigenvalue weighted by Gasteiger charge is -2.15. The van der Waals surface area contributed by atoms with E-state index in [1.54, 1.807) is 6.20 Å². The zero-order valence-electron chi connectivity index (χ0n) is 18.9. The predicted molar refractivity (Wildman–Crippen MR) is 127 cm³/mol. The maximum atomic E-state index is 12.5. The Hall–Kier alpha value is -4.01. The number of rotatable bonds is 12. The quantitative estimate of drug-likeness (QED) is 0.134. The number of aromatic amines is 1. The molecule has 178 valence electrons. The van der Waals surface area contributed by atoms with E-state index in [0.717, 1.165) is 10.9 Å². The van der Waals surface area contributed by atoms with E-state index < -0.39 is 10.9 Å². The molecule has 3 rings (SSSR count). The number of fused-ring (bicyclic) bond motifs is 1. The summed E-state index contributed by atoms with van der Waals surface area (Å²) in [7, 11) is 0. The summed E-state index contributed by atoms with van der Waals surface area (Å²) >= 11 is 0. The van der Waals surface area contributed by atoms with Gasteiger partial charge in [0, 0.05) is 53.7 Å². The maximum Gasteiger partial charge on any atom is 0.338 e. The first-order valence-electron chi connectivity index (χ1n) is 11.2. The van der Waals surface area contributed by atoms with Gasteiger partial charge in [0.1, 0.15) is 0 Å². The van der Waals surface area contributed by atoms with Crippen LogP contribution in [0.15, 0.2) is 54.7 Å². The minimum atomic E-state index is -0.566. The number of hydrogen-bond acceptors (Lipinski definition) is 6. The van der Waals surface area contributed by atoms with Crippen LogP contribution in [-0.4, -0.2) is 40.7 Å². The molecule has 0 saturated heterocycles. The second-order valence-electron chi connectivity index (χ2n) is 7.90. The van der Waals surface area contributed by atoms with Gasteiger partial charge in [-0.1, -0.05) is 25.1 Å². The number of nitro groups is 1. The SMILES string of the molecule is CCC(CCCOC(=O)c1ccc([N+](=O)[O-])cc1)C(=O)NCCC(=O)c1c[nH]c2ccccc12. The van der Waals surface area contributed by atoms with Gasteiger partial charge in [-0.25, -0.2) is 4.79 Å². The Morgan fingerprint density at radius 2 is 1.85 bits per heavy atom. The van der Waals surface area contributed by atoms with Crippen molar-refractivity contribution >= 4 is 34.3 Å². The zero-order chi connectivity index (χ0) is 24.5. The fourth-order valence-electron chi connectivity index (χ4n) is 3.70. The highest BCUT2D eigenvalue weighted by Gasteiger charge is 2.18. The average Bonchev–Trinajstić information content (AvgIpc) is 3.28. The molecule has 3 aromatic rings. The molecule has 0 radical (unpaired) electrons. The molecule has 0 bridgehead atoms. The third-order valence-corrected chi connectivity index (χ3v) is 5.65. The van der Waals surface area contributed by atoms with Crippen LogP contribution in [0.25, 0.3) is 10.9 Å². The van der Waals surface area contributed by atoms with Gasteiger partial charge in [-0.15, -0.1) is 0 Å². The number of para-hydroxylation sites is 1. The summed E-state index contributed by atoms with van der Waals surface area (Å²) in [6, 6.07) is 12.8. The summed E-state index contributed by atoms with van der Waals surface area (Å²) in [6.45, 7) is 2.30. The number of ether oxygens (including phenoxy) is 1. The molecule has 1 heterocycles. The molecule has 0 saturated carbocycles. The highest BCUT2D eigenvalue weighted by Crippen LogP contribution is 2.19. The van der Waals surface area contributed by atoms with Crippen LogP contribution in [0.3, 0.4) is 0 Å². The van der Waals surface area contributed by atoms with Crippen molar-refractivity contribution in [1.29, 1.82) is 0 Å². The number of nitrogens with zero attached hydrogens (tertiary/aromatic N) is 1. The van der Waals surface area contributed by atoms with Gasteiger partial charge in [0.15, 0.2) is 5.78 Å². The molecule has 1 unspecified atom stereocenters. The van der Waals surface area contributed by atoms with Crippen molar-refractivity contribution in [2.45, 2.75) is 32.6 Å². The fraction of sp³-hybridized carbons (Fsp3) is 0.320. The summed E-state index contributed by atoms with van der Waals surface area (Å²) < 4.78 is 5.20. The van der Waals surface area contributed by atoms with Gasteiger partial charge >= 0.3 is 5.97 Å². The number of amides is 1. The Morgan fingerprint density at radius 3 is 2.56 bits per heavy atom. The van der Waals surface area contributed by atoms with Crippen molar-refractivity contribution in [1.82, 2.24) is 10.3 Å². The lowest BCUT2D eigenvalue weighted by molar-refractivity contribution is -0.384. The average molecular weight is 466 g/mol. The largest absolute Gasteiger partial charge is 0.462 e. The van der Waals surface area contributed by atoms with Crippen molar-refractivity contribution in [2.24, 2.45) is 5.92 Å². The first-order valence-corrected chi connectivity index (χ1v) is 11.2. The fourth-order valence-corrected chi connectivity index (χ4v) is 3.70. The number of carbonyl (C=O) groups excluding carboxylic acids is 3. The molecular formula is C25H27N3O6. The van der Waals surface area contributed by atoms with E-state index in [1.807, 2.05) is 31.2 Å². The molecular weight excluding hydrogens is 438 g/mol. The molecule has 34 heavy (non-hydrogen) atoms. The minimum Gasteiger partial charge on any atom is -0.462 e. The van der Waals surface area contributed by atoms with Crippen molar-refractivity contribution in [3.8, 4) is 0 Å². The van der Waals surface area contributed by atoms with Gasteiger partial charge in [0.05, 0.1) is 17.1 Å². The summed E-state index contributed by atoms with van der Waals surface area (Å²) in [5, 5.41) is 14.4. The van der Waals surface area contributed by atoms with Gasteiger partial charge in [-0.3, -0.25) is 19.7 Å². The molecule has 9 nitrogen and oxygen atoms in total. The Balaban J connectivity index is 1.38. The predicted octanol–water partition coefficient (Wildman–Crippen LogP) is 4.43. The number of nitrogens with one attached hydrogen (secondary N) is 2. The van der Waals surface area contributed by atoms with E-state index >= 15 is 0 Å². The summed E-state index contributed by atoms with van der Waals surface area (Å²) in [4.78, 5) is 50.3. The van der Waals surface area contributed by atoms with Crippen LogP contribution in [0.4, 0.5) is 5.69 Å². The van der Waals surface area contributed by atoms with Gasteiger partial charge in [0.25, 0.3) is 5.69 Å². The molecule has 9 heteroatoms. The molecule has 0 aliphatic heterocycles. The van der Waals surface area contributed by atoms with E-state index in [0.29, 0.717) is 24.8 Å². The Morgan fingerprint density at radius 1 is 1.12 bits per heavy atom. The van der Waals surface area contributed by atoms with Crippen LogP contribution in [0.5, 0.6) is 0 Å². The molecule has 1 aromatic heterocycles. The molecule has 0 aliphatic carbocycles. The monoisotopic (exact) mass is 465 g/mol. The molecule has 1 amide bonds. The molecule has 2 N–H and O–H groups in total. The standard InChI is InChI=1S/C25H27N3O6/c1-2-17(6-5-15-34-25(31)18-9-11-19(12-10-18)28(32)33)24(30)26-14-13-23(29)21-16-27-22-8-4-3-7-20(21)22/h3-4,7-12,16-17,27H,2,5-6,13-15H2,1H3,(H,26,30). The molecule has 2 aromatic carbocycles. The van der Waals surface area contributed by atoms with Crippen molar-refractivity contribution in [3.63, 3.8) is 0 Å². The van der Waals surface area contributed by atoms with Crippen molar-refractivity contribution < 1.29 is 24.0 Å².